The second-order valence-corrected chi connectivity index (χ2v) is 9.42. The Balaban J connectivity index is 1.73. The topological polar surface area (TPSA) is 92.8 Å². The van der Waals surface area contributed by atoms with Gasteiger partial charge in [-0.2, -0.15) is 0 Å². The van der Waals surface area contributed by atoms with Crippen LogP contribution >= 0.6 is 0 Å². The first kappa shape index (κ1) is 24.7. The van der Waals surface area contributed by atoms with Crippen LogP contribution in [0, 0.1) is 13.8 Å². The third kappa shape index (κ3) is 5.71. The van der Waals surface area contributed by atoms with Crippen molar-refractivity contribution in [2.75, 3.05) is 22.8 Å². The van der Waals surface area contributed by atoms with Crippen LogP contribution in [-0.2, 0) is 19.6 Å². The number of carbonyl (C=O) groups excluding carboxylic acids is 2. The first-order valence-corrected chi connectivity index (χ1v) is 12.0. The summed E-state index contributed by atoms with van der Waals surface area (Å²) in [4.78, 5) is 24.7. The number of esters is 1. The SMILES string of the molecule is C=CCN(c1ccccc1)S(=O)(=O)c1cccc(C(=O)OCC(=O)Nc2cccc(C)c2C)c1. The molecule has 34 heavy (non-hydrogen) atoms. The van der Waals surface area contributed by atoms with Crippen molar-refractivity contribution in [2.45, 2.75) is 18.7 Å². The molecule has 7 nitrogen and oxygen atoms in total. The molecule has 0 spiro atoms. The maximum Gasteiger partial charge on any atom is 0.338 e. The Morgan fingerprint density at radius 3 is 2.41 bits per heavy atom. The maximum atomic E-state index is 13.3. The predicted octanol–water partition coefficient (Wildman–Crippen LogP) is 4.48. The molecule has 1 amide bonds. The van der Waals surface area contributed by atoms with Gasteiger partial charge in [-0.15, -0.1) is 6.58 Å². The number of anilines is 2. The highest BCUT2D eigenvalue weighted by molar-refractivity contribution is 7.92. The Hall–Kier alpha value is -3.91. The fraction of sp³-hybridized carbons (Fsp3) is 0.154. The first-order chi connectivity index (χ1) is 16.2. The van der Waals surface area contributed by atoms with Gasteiger partial charge in [0, 0.05) is 5.69 Å². The number of amides is 1. The highest BCUT2D eigenvalue weighted by atomic mass is 32.2. The monoisotopic (exact) mass is 478 g/mol. The summed E-state index contributed by atoms with van der Waals surface area (Å²) in [5.74, 6) is -1.30. The lowest BCUT2D eigenvalue weighted by molar-refractivity contribution is -0.119. The largest absolute Gasteiger partial charge is 0.452 e. The van der Waals surface area contributed by atoms with Crippen LogP contribution in [0.4, 0.5) is 11.4 Å². The molecule has 0 saturated heterocycles. The highest BCUT2D eigenvalue weighted by Crippen LogP contribution is 2.24. The van der Waals surface area contributed by atoms with Gasteiger partial charge in [-0.1, -0.05) is 42.5 Å². The van der Waals surface area contributed by atoms with Crippen molar-refractivity contribution < 1.29 is 22.7 Å². The van der Waals surface area contributed by atoms with Crippen molar-refractivity contribution in [1.82, 2.24) is 0 Å². The van der Waals surface area contributed by atoms with Crippen molar-refractivity contribution >= 4 is 33.3 Å². The molecule has 0 aromatic heterocycles. The van der Waals surface area contributed by atoms with Gasteiger partial charge >= 0.3 is 5.97 Å². The number of carbonyl (C=O) groups is 2. The molecule has 0 aliphatic rings. The lowest BCUT2D eigenvalue weighted by atomic mass is 10.1. The number of para-hydroxylation sites is 1. The molecule has 1 N–H and O–H groups in total. The van der Waals surface area contributed by atoms with Crippen LogP contribution in [0.15, 0.2) is 90.3 Å². The number of ether oxygens (including phenoxy) is 1. The first-order valence-electron chi connectivity index (χ1n) is 10.6. The normalized spacial score (nSPS) is 10.9. The maximum absolute atomic E-state index is 13.3. The Bertz CT molecular complexity index is 1300. The van der Waals surface area contributed by atoms with Crippen LogP contribution in [0.1, 0.15) is 21.5 Å². The van der Waals surface area contributed by atoms with Crippen LogP contribution in [-0.4, -0.2) is 33.4 Å². The van der Waals surface area contributed by atoms with Crippen molar-refractivity contribution in [3.05, 3.63) is 102 Å². The smallest absolute Gasteiger partial charge is 0.338 e. The van der Waals surface area contributed by atoms with Crippen molar-refractivity contribution in [3.63, 3.8) is 0 Å². The Morgan fingerprint density at radius 2 is 1.71 bits per heavy atom. The number of rotatable bonds is 9. The Kier molecular flexibility index (Phi) is 7.86. The van der Waals surface area contributed by atoms with Gasteiger partial charge in [0.05, 0.1) is 22.7 Å². The Labute approximate surface area is 199 Å². The number of nitrogens with one attached hydrogen (secondary N) is 1. The molecule has 0 heterocycles. The predicted molar refractivity (Wildman–Crippen MR) is 132 cm³/mol. The highest BCUT2D eigenvalue weighted by Gasteiger charge is 2.25. The van der Waals surface area contributed by atoms with Gasteiger partial charge in [0.1, 0.15) is 0 Å². The number of hydrogen-bond donors (Lipinski definition) is 1. The molecule has 0 aliphatic carbocycles. The van der Waals surface area contributed by atoms with E-state index in [1.807, 2.05) is 26.0 Å². The van der Waals surface area contributed by atoms with E-state index >= 15 is 0 Å². The molecule has 0 unspecified atom stereocenters. The molecule has 8 heteroatoms. The molecule has 0 bridgehead atoms. The summed E-state index contributed by atoms with van der Waals surface area (Å²) in [6.07, 6.45) is 1.48. The summed E-state index contributed by atoms with van der Waals surface area (Å²) in [6, 6.07) is 19.6. The van der Waals surface area contributed by atoms with E-state index in [1.165, 1.54) is 34.6 Å². The minimum Gasteiger partial charge on any atom is -0.452 e. The van der Waals surface area contributed by atoms with Crippen LogP contribution in [0.3, 0.4) is 0 Å². The molecule has 3 aromatic carbocycles. The number of sulfonamides is 1. The van der Waals surface area contributed by atoms with E-state index in [2.05, 4.69) is 11.9 Å². The molecule has 0 atom stereocenters. The summed E-state index contributed by atoms with van der Waals surface area (Å²) in [5.41, 5.74) is 3.07. The van der Waals surface area contributed by atoms with Crippen LogP contribution in [0.2, 0.25) is 0 Å². The summed E-state index contributed by atoms with van der Waals surface area (Å²) in [6.45, 7) is 7.01. The fourth-order valence-corrected chi connectivity index (χ4v) is 4.73. The molecule has 0 fully saturated rings. The van der Waals surface area contributed by atoms with E-state index in [-0.39, 0.29) is 17.0 Å². The van der Waals surface area contributed by atoms with Gasteiger partial charge in [0.2, 0.25) is 0 Å². The van der Waals surface area contributed by atoms with Gasteiger partial charge in [0.25, 0.3) is 15.9 Å². The minimum absolute atomic E-state index is 0.0206. The van der Waals surface area contributed by atoms with E-state index in [1.54, 1.807) is 36.4 Å². The minimum atomic E-state index is -3.98. The molecular formula is C26H26N2O5S. The lowest BCUT2D eigenvalue weighted by Gasteiger charge is -2.23. The summed E-state index contributed by atoms with van der Waals surface area (Å²) < 4.78 is 32.9. The zero-order valence-corrected chi connectivity index (χ0v) is 19.8. The molecule has 0 saturated carbocycles. The third-order valence-corrected chi connectivity index (χ3v) is 7.00. The number of aryl methyl sites for hydroxylation is 1. The van der Waals surface area contributed by atoms with Crippen molar-refractivity contribution in [1.29, 1.82) is 0 Å². The summed E-state index contributed by atoms with van der Waals surface area (Å²) in [7, 11) is -3.98. The van der Waals surface area contributed by atoms with E-state index in [9.17, 15) is 18.0 Å². The molecule has 0 radical (unpaired) electrons. The average molecular weight is 479 g/mol. The van der Waals surface area contributed by atoms with Gasteiger partial charge in [-0.25, -0.2) is 13.2 Å². The van der Waals surface area contributed by atoms with Gasteiger partial charge in [-0.3, -0.25) is 9.10 Å². The second-order valence-electron chi connectivity index (χ2n) is 7.56. The second kappa shape index (κ2) is 10.8. The van der Waals surface area contributed by atoms with Gasteiger partial charge in [0.15, 0.2) is 6.61 Å². The zero-order valence-electron chi connectivity index (χ0n) is 19.0. The van der Waals surface area contributed by atoms with Crippen LogP contribution < -0.4 is 9.62 Å². The van der Waals surface area contributed by atoms with Crippen molar-refractivity contribution in [2.24, 2.45) is 0 Å². The van der Waals surface area contributed by atoms with E-state index < -0.39 is 28.5 Å². The summed E-state index contributed by atoms with van der Waals surface area (Å²) in [5, 5.41) is 2.71. The van der Waals surface area contributed by atoms with E-state index in [0.717, 1.165) is 11.1 Å². The number of benzene rings is 3. The lowest BCUT2D eigenvalue weighted by Crippen LogP contribution is -2.31. The zero-order chi connectivity index (χ0) is 24.7. The van der Waals surface area contributed by atoms with Crippen molar-refractivity contribution in [3.8, 4) is 0 Å². The molecule has 176 valence electrons. The number of nitrogens with zero attached hydrogens (tertiary/aromatic N) is 1. The molecule has 3 aromatic rings. The van der Waals surface area contributed by atoms with Crippen LogP contribution in [0.5, 0.6) is 0 Å². The van der Waals surface area contributed by atoms with E-state index in [4.69, 9.17) is 4.74 Å². The molecule has 3 rings (SSSR count). The van der Waals surface area contributed by atoms with Gasteiger partial charge < -0.3 is 10.1 Å². The third-order valence-electron chi connectivity index (χ3n) is 5.21. The van der Waals surface area contributed by atoms with Crippen LogP contribution in [0.25, 0.3) is 0 Å². The molecular weight excluding hydrogens is 452 g/mol. The van der Waals surface area contributed by atoms with E-state index in [0.29, 0.717) is 11.4 Å². The molecule has 0 aliphatic heterocycles. The number of hydrogen-bond acceptors (Lipinski definition) is 5. The Morgan fingerprint density at radius 1 is 1.00 bits per heavy atom. The average Bonchev–Trinajstić information content (AvgIpc) is 2.84. The van der Waals surface area contributed by atoms with Gasteiger partial charge in [-0.05, 0) is 61.4 Å². The quantitative estimate of drug-likeness (QED) is 0.362. The summed E-state index contributed by atoms with van der Waals surface area (Å²) >= 11 is 0. The standard InChI is InChI=1S/C26H26N2O5S/c1-4-16-28(22-12-6-5-7-13-22)34(31,32)23-14-9-11-21(17-23)26(30)33-18-25(29)27-24-15-8-10-19(2)20(24)3/h4-15,17H,1,16,18H2,2-3H3,(H,27,29). The fourth-order valence-electron chi connectivity index (χ4n) is 3.25.